The van der Waals surface area contributed by atoms with Gasteiger partial charge in [-0.3, -0.25) is 0 Å². The summed E-state index contributed by atoms with van der Waals surface area (Å²) in [5.41, 5.74) is 1.84. The van der Waals surface area contributed by atoms with Crippen molar-refractivity contribution in [1.29, 1.82) is 0 Å². The number of likely N-dealkylation sites (tertiary alicyclic amines) is 1. The van der Waals surface area contributed by atoms with Crippen molar-refractivity contribution in [3.05, 3.63) is 29.0 Å². The topological polar surface area (TPSA) is 58.4 Å². The second kappa shape index (κ2) is 5.73. The predicted molar refractivity (Wildman–Crippen MR) is 82.2 cm³/mol. The predicted octanol–water partition coefficient (Wildman–Crippen LogP) is 3.74. The van der Waals surface area contributed by atoms with Crippen LogP contribution in [0, 0.1) is 0 Å². The molecule has 1 saturated heterocycles. The number of hydrogen-bond donors (Lipinski definition) is 1. The quantitative estimate of drug-likeness (QED) is 0.854. The average molecular weight is 328 g/mol. The lowest BCUT2D eigenvalue weighted by Crippen LogP contribution is -2.38. The third kappa shape index (κ3) is 2.68. The molecule has 1 fully saturated rings. The van der Waals surface area contributed by atoms with E-state index < -0.39 is 6.09 Å². The van der Waals surface area contributed by atoms with E-state index in [0.29, 0.717) is 24.0 Å². The summed E-state index contributed by atoms with van der Waals surface area (Å²) in [5.74, 6) is 1.13. The molecule has 0 saturated carbocycles. The van der Waals surface area contributed by atoms with Crippen LogP contribution in [0.25, 0.3) is 11.0 Å². The van der Waals surface area contributed by atoms with Crippen molar-refractivity contribution >= 4 is 40.3 Å². The Kier molecular flexibility index (Phi) is 3.95. The lowest BCUT2D eigenvalue weighted by Gasteiger charge is -2.31. The number of nitrogens with zero attached hydrogens (tertiary/aromatic N) is 3. The van der Waals surface area contributed by atoms with Crippen LogP contribution >= 0.6 is 23.2 Å². The zero-order valence-electron chi connectivity index (χ0n) is 11.3. The number of imidazole rings is 1. The zero-order chi connectivity index (χ0) is 15.0. The van der Waals surface area contributed by atoms with Gasteiger partial charge in [0.25, 0.3) is 0 Å². The van der Waals surface area contributed by atoms with Crippen molar-refractivity contribution in [2.45, 2.75) is 24.8 Å². The summed E-state index contributed by atoms with van der Waals surface area (Å²) in [6.45, 7) is 1.07. The molecule has 1 amide bonds. The Balaban J connectivity index is 1.95. The van der Waals surface area contributed by atoms with Crippen LogP contribution in [-0.4, -0.2) is 38.7 Å². The summed E-state index contributed by atoms with van der Waals surface area (Å²) in [5, 5.41) is 9.68. The van der Waals surface area contributed by atoms with Gasteiger partial charge in [-0.15, -0.1) is 11.6 Å². The minimum atomic E-state index is -0.853. The minimum absolute atomic E-state index is 0.223. The van der Waals surface area contributed by atoms with Crippen LogP contribution in [0.2, 0.25) is 5.02 Å². The molecule has 0 spiro atoms. The maximum absolute atomic E-state index is 11.0. The Bertz CT molecular complexity index is 678. The van der Waals surface area contributed by atoms with Crippen molar-refractivity contribution in [3.63, 3.8) is 0 Å². The molecule has 3 rings (SSSR count). The number of hydrogen-bond acceptors (Lipinski definition) is 2. The van der Waals surface area contributed by atoms with Crippen LogP contribution in [0.5, 0.6) is 0 Å². The second-order valence-corrected chi connectivity index (χ2v) is 5.87. The van der Waals surface area contributed by atoms with Crippen molar-refractivity contribution in [3.8, 4) is 0 Å². The molecule has 0 unspecified atom stereocenters. The normalized spacial score (nSPS) is 16.6. The first-order chi connectivity index (χ1) is 10.1. The monoisotopic (exact) mass is 327 g/mol. The number of aromatic nitrogens is 2. The van der Waals surface area contributed by atoms with Gasteiger partial charge in [0.05, 0.1) is 16.9 Å². The first-order valence-electron chi connectivity index (χ1n) is 6.80. The minimum Gasteiger partial charge on any atom is -0.465 e. The number of piperidine rings is 1. The van der Waals surface area contributed by atoms with E-state index >= 15 is 0 Å². The van der Waals surface area contributed by atoms with Crippen LogP contribution < -0.4 is 0 Å². The first-order valence-corrected chi connectivity index (χ1v) is 7.71. The van der Waals surface area contributed by atoms with E-state index in [9.17, 15) is 4.79 Å². The molecular formula is C14H15Cl2N3O2. The molecule has 1 aromatic heterocycles. The van der Waals surface area contributed by atoms with Gasteiger partial charge in [-0.2, -0.15) is 0 Å². The zero-order valence-corrected chi connectivity index (χ0v) is 12.8. The second-order valence-electron chi connectivity index (χ2n) is 5.17. The van der Waals surface area contributed by atoms with Crippen LogP contribution in [0.3, 0.4) is 0 Å². The highest BCUT2D eigenvalue weighted by atomic mass is 35.5. The molecule has 1 N–H and O–H groups in total. The van der Waals surface area contributed by atoms with Gasteiger partial charge in [-0.1, -0.05) is 11.6 Å². The third-order valence-electron chi connectivity index (χ3n) is 3.94. The lowest BCUT2D eigenvalue weighted by molar-refractivity contribution is 0.126. The van der Waals surface area contributed by atoms with E-state index in [4.69, 9.17) is 28.3 Å². The summed E-state index contributed by atoms with van der Waals surface area (Å²) in [6, 6.07) is 5.84. The van der Waals surface area contributed by atoms with Crippen molar-refractivity contribution in [2.24, 2.45) is 0 Å². The highest BCUT2D eigenvalue weighted by Crippen LogP contribution is 2.30. The lowest BCUT2D eigenvalue weighted by atomic mass is 10.0. The van der Waals surface area contributed by atoms with Crippen LogP contribution in [0.15, 0.2) is 18.2 Å². The molecule has 1 aliphatic heterocycles. The van der Waals surface area contributed by atoms with Gasteiger partial charge < -0.3 is 14.6 Å². The molecule has 0 atom stereocenters. The highest BCUT2D eigenvalue weighted by Gasteiger charge is 2.26. The molecule has 0 aliphatic carbocycles. The summed E-state index contributed by atoms with van der Waals surface area (Å²) in [7, 11) is 0. The third-order valence-corrected chi connectivity index (χ3v) is 4.42. The van der Waals surface area contributed by atoms with Gasteiger partial charge >= 0.3 is 6.09 Å². The van der Waals surface area contributed by atoms with Gasteiger partial charge in [0.15, 0.2) is 0 Å². The summed E-state index contributed by atoms with van der Waals surface area (Å²) < 4.78 is 2.14. The molecule has 0 bridgehead atoms. The van der Waals surface area contributed by atoms with Gasteiger partial charge in [0, 0.05) is 24.2 Å². The summed E-state index contributed by atoms with van der Waals surface area (Å²) >= 11 is 12.0. The summed E-state index contributed by atoms with van der Waals surface area (Å²) in [4.78, 5) is 17.0. The van der Waals surface area contributed by atoms with E-state index in [1.165, 1.54) is 4.90 Å². The Morgan fingerprint density at radius 3 is 2.71 bits per heavy atom. The maximum Gasteiger partial charge on any atom is 0.407 e. The largest absolute Gasteiger partial charge is 0.465 e. The molecule has 21 heavy (non-hydrogen) atoms. The number of benzene rings is 1. The molecular weight excluding hydrogens is 313 g/mol. The van der Waals surface area contributed by atoms with E-state index in [1.807, 2.05) is 18.2 Å². The fourth-order valence-electron chi connectivity index (χ4n) is 2.94. The first kappa shape index (κ1) is 14.5. The Morgan fingerprint density at radius 1 is 1.38 bits per heavy atom. The fraction of sp³-hybridized carbons (Fsp3) is 0.429. The number of carboxylic acid groups (broad SMARTS) is 1. The van der Waals surface area contributed by atoms with Gasteiger partial charge in [0.2, 0.25) is 0 Å². The molecule has 2 heterocycles. The van der Waals surface area contributed by atoms with E-state index in [0.717, 1.165) is 29.7 Å². The fourth-order valence-corrected chi connectivity index (χ4v) is 3.29. The highest BCUT2D eigenvalue weighted by molar-refractivity contribution is 6.31. The number of alkyl halides is 1. The van der Waals surface area contributed by atoms with E-state index in [1.54, 1.807) is 0 Å². The Labute approximate surface area is 132 Å². The molecule has 0 radical (unpaired) electrons. The molecule has 7 heteroatoms. The maximum atomic E-state index is 11.0. The smallest absolute Gasteiger partial charge is 0.407 e. The van der Waals surface area contributed by atoms with Crippen LogP contribution in [0.1, 0.15) is 24.7 Å². The molecule has 2 aromatic rings. The average Bonchev–Trinajstić information content (AvgIpc) is 2.84. The summed E-state index contributed by atoms with van der Waals surface area (Å²) in [6.07, 6.45) is 0.683. The number of fused-ring (bicyclic) bond motifs is 1. The van der Waals surface area contributed by atoms with Crippen molar-refractivity contribution in [2.75, 3.05) is 13.1 Å². The van der Waals surface area contributed by atoms with Gasteiger partial charge in [-0.25, -0.2) is 9.78 Å². The number of rotatable bonds is 2. The van der Waals surface area contributed by atoms with Crippen LogP contribution in [0.4, 0.5) is 4.79 Å². The van der Waals surface area contributed by atoms with Crippen molar-refractivity contribution < 1.29 is 9.90 Å². The number of amides is 1. The molecule has 5 nitrogen and oxygen atoms in total. The van der Waals surface area contributed by atoms with E-state index in [2.05, 4.69) is 9.55 Å². The van der Waals surface area contributed by atoms with E-state index in [-0.39, 0.29) is 6.04 Å². The molecule has 1 aliphatic rings. The van der Waals surface area contributed by atoms with Gasteiger partial charge in [0.1, 0.15) is 5.82 Å². The molecule has 112 valence electrons. The molecule has 1 aromatic carbocycles. The SMILES string of the molecule is O=C(O)N1CCC(n2c(CCl)nc3cc(Cl)ccc32)CC1. The number of halogens is 2. The standard InChI is InChI=1S/C14H15Cl2N3O2/c15-8-13-17-11-7-9(16)1-2-12(11)19(13)10-3-5-18(6-4-10)14(20)21/h1-2,7,10H,3-6,8H2,(H,20,21). The van der Waals surface area contributed by atoms with Crippen LogP contribution in [-0.2, 0) is 5.88 Å². The Hall–Kier alpha value is -1.46. The van der Waals surface area contributed by atoms with Crippen molar-refractivity contribution in [1.82, 2.24) is 14.5 Å². The number of carbonyl (C=O) groups is 1. The van der Waals surface area contributed by atoms with Gasteiger partial charge in [-0.05, 0) is 31.0 Å². The Morgan fingerprint density at radius 2 is 2.10 bits per heavy atom.